The van der Waals surface area contributed by atoms with E-state index in [4.69, 9.17) is 5.11 Å². The lowest BCUT2D eigenvalue weighted by molar-refractivity contribution is 0.0687. The summed E-state index contributed by atoms with van der Waals surface area (Å²) in [5, 5.41) is 10.1. The van der Waals surface area contributed by atoms with Crippen molar-refractivity contribution in [2.45, 2.75) is 6.42 Å². The quantitative estimate of drug-likeness (QED) is 0.788. The molecule has 0 aliphatic heterocycles. The van der Waals surface area contributed by atoms with Gasteiger partial charge in [0, 0.05) is 18.0 Å². The molecule has 1 aromatic heterocycles. The van der Waals surface area contributed by atoms with Crippen LogP contribution in [0.2, 0.25) is 0 Å². The molecule has 0 radical (unpaired) electrons. The van der Waals surface area contributed by atoms with Gasteiger partial charge in [-0.2, -0.15) is 0 Å². The lowest BCUT2D eigenvalue weighted by atomic mass is 10.0. The van der Waals surface area contributed by atoms with Gasteiger partial charge in [-0.15, -0.1) is 0 Å². The predicted octanol–water partition coefficient (Wildman–Crippen LogP) is 3.47. The van der Waals surface area contributed by atoms with Crippen LogP contribution in [0.15, 0.2) is 54.6 Å². The third-order valence-corrected chi connectivity index (χ3v) is 3.58. The largest absolute Gasteiger partial charge is 0.477 e. The first-order chi connectivity index (χ1) is 9.65. The van der Waals surface area contributed by atoms with Crippen LogP contribution in [0.25, 0.3) is 10.9 Å². The number of hydrogen-bond donors (Lipinski definition) is 1. The van der Waals surface area contributed by atoms with Crippen molar-refractivity contribution in [2.75, 3.05) is 0 Å². The summed E-state index contributed by atoms with van der Waals surface area (Å²) in [5.74, 6) is -0.895. The number of carboxylic acid groups (broad SMARTS) is 1. The molecule has 1 heterocycles. The monoisotopic (exact) mass is 265 g/mol. The molecule has 3 nitrogen and oxygen atoms in total. The molecular formula is C17H15NO2. The number of rotatable bonds is 3. The number of hydrogen-bond acceptors (Lipinski definition) is 1. The van der Waals surface area contributed by atoms with Crippen molar-refractivity contribution in [3.63, 3.8) is 0 Å². The van der Waals surface area contributed by atoms with Gasteiger partial charge in [0.05, 0.1) is 0 Å². The van der Waals surface area contributed by atoms with Gasteiger partial charge < -0.3 is 9.67 Å². The maximum Gasteiger partial charge on any atom is 0.352 e. The summed E-state index contributed by atoms with van der Waals surface area (Å²) >= 11 is 0. The van der Waals surface area contributed by atoms with Crippen molar-refractivity contribution < 1.29 is 9.90 Å². The van der Waals surface area contributed by atoms with Crippen molar-refractivity contribution in [1.29, 1.82) is 0 Å². The summed E-state index contributed by atoms with van der Waals surface area (Å²) in [6, 6.07) is 18.1. The molecule has 0 fully saturated rings. The highest BCUT2D eigenvalue weighted by Crippen LogP contribution is 2.21. The van der Waals surface area contributed by atoms with E-state index in [0.717, 1.165) is 17.3 Å². The van der Waals surface area contributed by atoms with E-state index in [0.29, 0.717) is 5.69 Å². The first-order valence-corrected chi connectivity index (χ1v) is 6.51. The number of carbonyl (C=O) groups is 1. The zero-order valence-electron chi connectivity index (χ0n) is 11.2. The molecule has 0 aliphatic rings. The number of aromatic nitrogens is 1. The number of nitrogens with zero attached hydrogens (tertiary/aromatic N) is 1. The fraction of sp³-hybridized carbons (Fsp3) is 0.118. The van der Waals surface area contributed by atoms with Crippen LogP contribution in [0.4, 0.5) is 0 Å². The zero-order valence-corrected chi connectivity index (χ0v) is 11.2. The number of benzene rings is 2. The van der Waals surface area contributed by atoms with Crippen LogP contribution in [0.3, 0.4) is 0 Å². The van der Waals surface area contributed by atoms with E-state index in [1.54, 1.807) is 17.7 Å². The van der Waals surface area contributed by atoms with Gasteiger partial charge in [0.25, 0.3) is 0 Å². The molecule has 0 bridgehead atoms. The van der Waals surface area contributed by atoms with Gasteiger partial charge in [0.1, 0.15) is 5.69 Å². The highest BCUT2D eigenvalue weighted by atomic mass is 16.4. The van der Waals surface area contributed by atoms with E-state index >= 15 is 0 Å². The highest BCUT2D eigenvalue weighted by Gasteiger charge is 2.12. The second-order valence-electron chi connectivity index (χ2n) is 4.95. The summed E-state index contributed by atoms with van der Waals surface area (Å²) in [4.78, 5) is 11.1. The summed E-state index contributed by atoms with van der Waals surface area (Å²) in [7, 11) is 1.79. The molecule has 3 rings (SSSR count). The van der Waals surface area contributed by atoms with E-state index < -0.39 is 5.97 Å². The fourth-order valence-electron chi connectivity index (χ4n) is 2.52. The smallest absolute Gasteiger partial charge is 0.352 e. The summed E-state index contributed by atoms with van der Waals surface area (Å²) in [6.45, 7) is 0. The molecule has 100 valence electrons. The summed E-state index contributed by atoms with van der Waals surface area (Å²) in [6.07, 6.45) is 0.852. The van der Waals surface area contributed by atoms with Gasteiger partial charge in [0.2, 0.25) is 0 Å². The van der Waals surface area contributed by atoms with Crippen LogP contribution in [0.1, 0.15) is 21.6 Å². The predicted molar refractivity (Wildman–Crippen MR) is 79.1 cm³/mol. The van der Waals surface area contributed by atoms with Crippen LogP contribution in [-0.2, 0) is 13.5 Å². The Bertz CT molecular complexity index is 772. The van der Waals surface area contributed by atoms with Crippen LogP contribution >= 0.6 is 0 Å². The van der Waals surface area contributed by atoms with E-state index in [9.17, 15) is 4.79 Å². The van der Waals surface area contributed by atoms with Crippen molar-refractivity contribution >= 4 is 16.9 Å². The number of fused-ring (bicyclic) bond motifs is 1. The number of carboxylic acids is 1. The van der Waals surface area contributed by atoms with Gasteiger partial charge in [-0.25, -0.2) is 4.79 Å². The number of aryl methyl sites for hydroxylation is 1. The second-order valence-corrected chi connectivity index (χ2v) is 4.95. The Kier molecular flexibility index (Phi) is 3.03. The van der Waals surface area contributed by atoms with E-state index in [2.05, 4.69) is 24.3 Å². The summed E-state index contributed by atoms with van der Waals surface area (Å²) < 4.78 is 1.73. The Hall–Kier alpha value is -2.55. The van der Waals surface area contributed by atoms with Crippen molar-refractivity contribution in [3.8, 4) is 0 Å². The maximum atomic E-state index is 11.1. The first kappa shape index (κ1) is 12.5. The molecule has 20 heavy (non-hydrogen) atoms. The fourth-order valence-corrected chi connectivity index (χ4v) is 2.52. The third-order valence-electron chi connectivity index (χ3n) is 3.58. The SMILES string of the molecule is Cn1c(C(=O)O)cc2ccc(Cc3ccccc3)cc21. The molecule has 0 saturated carbocycles. The minimum atomic E-state index is -0.895. The molecule has 0 spiro atoms. The van der Waals surface area contributed by atoms with Crippen LogP contribution in [0.5, 0.6) is 0 Å². The Balaban J connectivity index is 2.02. The van der Waals surface area contributed by atoms with Crippen LogP contribution in [0, 0.1) is 0 Å². The molecular weight excluding hydrogens is 250 g/mol. The van der Waals surface area contributed by atoms with Gasteiger partial charge in [-0.05, 0) is 29.7 Å². The van der Waals surface area contributed by atoms with E-state index in [-0.39, 0.29) is 0 Å². The Labute approximate surface area is 117 Å². The first-order valence-electron chi connectivity index (χ1n) is 6.51. The second kappa shape index (κ2) is 4.85. The van der Waals surface area contributed by atoms with Crippen LogP contribution < -0.4 is 0 Å². The molecule has 0 aliphatic carbocycles. The molecule has 0 amide bonds. The minimum Gasteiger partial charge on any atom is -0.477 e. The van der Waals surface area contributed by atoms with Gasteiger partial charge in [-0.1, -0.05) is 42.5 Å². The van der Waals surface area contributed by atoms with Gasteiger partial charge in [0.15, 0.2) is 0 Å². The standard InChI is InChI=1S/C17H15NO2/c1-18-15-10-13(9-12-5-3-2-4-6-12)7-8-14(15)11-16(18)17(19)20/h2-8,10-11H,9H2,1H3,(H,19,20). The third kappa shape index (κ3) is 2.18. The lowest BCUT2D eigenvalue weighted by Crippen LogP contribution is -2.03. The molecule has 3 aromatic rings. The van der Waals surface area contributed by atoms with Crippen molar-refractivity contribution in [3.05, 3.63) is 71.4 Å². The average Bonchev–Trinajstić information content (AvgIpc) is 2.77. The molecule has 0 atom stereocenters. The van der Waals surface area contributed by atoms with Gasteiger partial charge >= 0.3 is 5.97 Å². The topological polar surface area (TPSA) is 42.2 Å². The van der Waals surface area contributed by atoms with E-state index in [1.807, 2.05) is 24.3 Å². The molecule has 0 unspecified atom stereocenters. The highest BCUT2D eigenvalue weighted by molar-refractivity contribution is 5.94. The zero-order chi connectivity index (χ0) is 14.1. The lowest BCUT2D eigenvalue weighted by Gasteiger charge is -2.04. The number of aromatic carboxylic acids is 1. The van der Waals surface area contributed by atoms with Crippen molar-refractivity contribution in [2.24, 2.45) is 7.05 Å². The normalized spacial score (nSPS) is 10.8. The van der Waals surface area contributed by atoms with Crippen LogP contribution in [-0.4, -0.2) is 15.6 Å². The molecule has 0 saturated heterocycles. The molecule has 1 N–H and O–H groups in total. The Morgan fingerprint density at radius 3 is 2.50 bits per heavy atom. The van der Waals surface area contributed by atoms with Crippen molar-refractivity contribution in [1.82, 2.24) is 4.57 Å². The Morgan fingerprint density at radius 1 is 1.05 bits per heavy atom. The van der Waals surface area contributed by atoms with Gasteiger partial charge in [-0.3, -0.25) is 0 Å². The molecule has 2 aromatic carbocycles. The maximum absolute atomic E-state index is 11.1. The average molecular weight is 265 g/mol. The Morgan fingerprint density at radius 2 is 1.80 bits per heavy atom. The summed E-state index contributed by atoms with van der Waals surface area (Å²) in [5.41, 5.74) is 3.70. The molecule has 3 heteroatoms. The minimum absolute atomic E-state index is 0.317. The van der Waals surface area contributed by atoms with E-state index in [1.165, 1.54) is 11.1 Å².